The summed E-state index contributed by atoms with van der Waals surface area (Å²) in [7, 11) is 0. The van der Waals surface area contributed by atoms with Crippen LogP contribution in [0, 0.1) is 0 Å². The van der Waals surface area contributed by atoms with E-state index in [-0.39, 0.29) is 0 Å². The first-order valence-electron chi connectivity index (χ1n) is 6.38. The molecule has 0 saturated heterocycles. The van der Waals surface area contributed by atoms with E-state index in [0.717, 1.165) is 23.1 Å². The molecule has 2 aromatic carbocycles. The first kappa shape index (κ1) is 14.4. The maximum absolute atomic E-state index is 11.0. The van der Waals surface area contributed by atoms with E-state index in [9.17, 15) is 4.79 Å². The Kier molecular flexibility index (Phi) is 4.97. The van der Waals surface area contributed by atoms with Crippen LogP contribution in [0.3, 0.4) is 0 Å². The third-order valence-corrected chi connectivity index (χ3v) is 3.25. The van der Waals surface area contributed by atoms with Gasteiger partial charge < -0.3 is 5.11 Å². The molecule has 0 amide bonds. The standard InChI is InChI=1S/C17H15ClO2/c18-16-8-4-5-13(11-16)9-10-15(12-17(19)20)14-6-2-1-3-7-14/h1-8,11-12H,9-10H2,(H,19,20)/b15-12+. The van der Waals surface area contributed by atoms with Crippen molar-refractivity contribution in [2.45, 2.75) is 12.8 Å². The van der Waals surface area contributed by atoms with Gasteiger partial charge in [0.25, 0.3) is 0 Å². The Hall–Kier alpha value is -2.06. The van der Waals surface area contributed by atoms with Crippen molar-refractivity contribution in [2.24, 2.45) is 0 Å². The average molecular weight is 287 g/mol. The van der Waals surface area contributed by atoms with Gasteiger partial charge in [-0.25, -0.2) is 4.79 Å². The van der Waals surface area contributed by atoms with Crippen LogP contribution < -0.4 is 0 Å². The number of aryl methyl sites for hydroxylation is 1. The molecular formula is C17H15ClO2. The molecule has 0 unspecified atom stereocenters. The van der Waals surface area contributed by atoms with E-state index in [2.05, 4.69) is 0 Å². The van der Waals surface area contributed by atoms with E-state index in [1.807, 2.05) is 54.6 Å². The van der Waals surface area contributed by atoms with Gasteiger partial charge in [-0.1, -0.05) is 54.1 Å². The Morgan fingerprint density at radius 1 is 1.10 bits per heavy atom. The molecule has 0 aliphatic carbocycles. The lowest BCUT2D eigenvalue weighted by atomic mass is 9.98. The molecule has 0 heterocycles. The van der Waals surface area contributed by atoms with E-state index in [1.165, 1.54) is 6.08 Å². The quantitative estimate of drug-likeness (QED) is 0.825. The molecule has 0 aromatic heterocycles. The molecule has 0 aliphatic heterocycles. The summed E-state index contributed by atoms with van der Waals surface area (Å²) in [4.78, 5) is 11.0. The van der Waals surface area contributed by atoms with Crippen molar-refractivity contribution in [3.8, 4) is 0 Å². The predicted octanol–water partition coefficient (Wildman–Crippen LogP) is 4.44. The Balaban J connectivity index is 2.16. The summed E-state index contributed by atoms with van der Waals surface area (Å²) in [6.45, 7) is 0. The van der Waals surface area contributed by atoms with Gasteiger partial charge in [-0.2, -0.15) is 0 Å². The van der Waals surface area contributed by atoms with Crippen LogP contribution in [-0.2, 0) is 11.2 Å². The smallest absolute Gasteiger partial charge is 0.328 e. The first-order valence-corrected chi connectivity index (χ1v) is 6.76. The van der Waals surface area contributed by atoms with Crippen molar-refractivity contribution in [1.82, 2.24) is 0 Å². The van der Waals surface area contributed by atoms with Crippen molar-refractivity contribution in [3.05, 3.63) is 76.8 Å². The summed E-state index contributed by atoms with van der Waals surface area (Å²) >= 11 is 5.95. The van der Waals surface area contributed by atoms with Gasteiger partial charge in [-0.05, 0) is 41.7 Å². The zero-order chi connectivity index (χ0) is 14.4. The molecule has 0 atom stereocenters. The number of carbonyl (C=O) groups is 1. The molecular weight excluding hydrogens is 272 g/mol. The van der Waals surface area contributed by atoms with Gasteiger partial charge in [0.1, 0.15) is 0 Å². The molecule has 0 fully saturated rings. The third kappa shape index (κ3) is 4.25. The van der Waals surface area contributed by atoms with Crippen LogP contribution in [0.25, 0.3) is 5.57 Å². The number of allylic oxidation sites excluding steroid dienone is 1. The second kappa shape index (κ2) is 6.92. The normalized spacial score (nSPS) is 11.3. The van der Waals surface area contributed by atoms with Gasteiger partial charge in [0.15, 0.2) is 0 Å². The molecule has 0 bridgehead atoms. The summed E-state index contributed by atoms with van der Waals surface area (Å²) in [5, 5.41) is 9.69. The Labute approximate surface area is 123 Å². The number of benzene rings is 2. The van der Waals surface area contributed by atoms with Crippen LogP contribution >= 0.6 is 11.6 Å². The number of hydrogen-bond acceptors (Lipinski definition) is 1. The molecule has 2 nitrogen and oxygen atoms in total. The average Bonchev–Trinajstić information content (AvgIpc) is 2.44. The van der Waals surface area contributed by atoms with Crippen LogP contribution in [0.4, 0.5) is 0 Å². The minimum absolute atomic E-state index is 0.663. The Bertz CT molecular complexity index is 618. The molecule has 0 saturated carbocycles. The highest BCUT2D eigenvalue weighted by Gasteiger charge is 2.05. The van der Waals surface area contributed by atoms with Gasteiger partial charge in [-0.3, -0.25) is 0 Å². The Morgan fingerprint density at radius 2 is 1.85 bits per heavy atom. The minimum Gasteiger partial charge on any atom is -0.478 e. The van der Waals surface area contributed by atoms with E-state index in [4.69, 9.17) is 16.7 Å². The summed E-state index contributed by atoms with van der Waals surface area (Å²) in [5.41, 5.74) is 2.86. The van der Waals surface area contributed by atoms with E-state index in [1.54, 1.807) is 0 Å². The van der Waals surface area contributed by atoms with E-state index >= 15 is 0 Å². The fraction of sp³-hybridized carbons (Fsp3) is 0.118. The lowest BCUT2D eigenvalue weighted by molar-refractivity contribution is -0.131. The fourth-order valence-electron chi connectivity index (χ4n) is 2.07. The predicted molar refractivity (Wildman–Crippen MR) is 81.8 cm³/mol. The SMILES string of the molecule is O=C(O)/C=C(\CCc1cccc(Cl)c1)c1ccccc1. The number of rotatable bonds is 5. The number of carboxylic acid groups (broad SMARTS) is 1. The molecule has 20 heavy (non-hydrogen) atoms. The van der Waals surface area contributed by atoms with Gasteiger partial charge in [-0.15, -0.1) is 0 Å². The Morgan fingerprint density at radius 3 is 2.50 bits per heavy atom. The maximum atomic E-state index is 11.0. The number of halogens is 1. The van der Waals surface area contributed by atoms with Crippen LogP contribution in [0.1, 0.15) is 17.5 Å². The minimum atomic E-state index is -0.921. The molecule has 1 N–H and O–H groups in total. The molecule has 102 valence electrons. The van der Waals surface area contributed by atoms with E-state index < -0.39 is 5.97 Å². The highest BCUT2D eigenvalue weighted by molar-refractivity contribution is 6.30. The van der Waals surface area contributed by atoms with Crippen molar-refractivity contribution in [1.29, 1.82) is 0 Å². The third-order valence-electron chi connectivity index (χ3n) is 3.01. The summed E-state index contributed by atoms with van der Waals surface area (Å²) < 4.78 is 0. The largest absolute Gasteiger partial charge is 0.478 e. The molecule has 0 radical (unpaired) electrons. The van der Waals surface area contributed by atoms with Gasteiger partial charge >= 0.3 is 5.97 Å². The van der Waals surface area contributed by atoms with Crippen LogP contribution in [0.5, 0.6) is 0 Å². The highest BCUT2D eigenvalue weighted by Crippen LogP contribution is 2.21. The van der Waals surface area contributed by atoms with Gasteiger partial charge in [0.2, 0.25) is 0 Å². The van der Waals surface area contributed by atoms with Crippen LogP contribution in [0.2, 0.25) is 5.02 Å². The van der Waals surface area contributed by atoms with Crippen molar-refractivity contribution in [2.75, 3.05) is 0 Å². The number of hydrogen-bond donors (Lipinski definition) is 1. The zero-order valence-electron chi connectivity index (χ0n) is 10.9. The highest BCUT2D eigenvalue weighted by atomic mass is 35.5. The van der Waals surface area contributed by atoms with Crippen LogP contribution in [0.15, 0.2) is 60.7 Å². The summed E-state index contributed by atoms with van der Waals surface area (Å²) in [6.07, 6.45) is 2.70. The molecule has 3 heteroatoms. The molecule has 0 aliphatic rings. The molecule has 2 rings (SSSR count). The van der Waals surface area contributed by atoms with Crippen LogP contribution in [-0.4, -0.2) is 11.1 Å². The second-order valence-corrected chi connectivity index (χ2v) is 4.94. The number of carboxylic acids is 1. The monoisotopic (exact) mass is 286 g/mol. The lowest BCUT2D eigenvalue weighted by Gasteiger charge is -2.07. The lowest BCUT2D eigenvalue weighted by Crippen LogP contribution is -1.95. The van der Waals surface area contributed by atoms with Crippen molar-refractivity contribution in [3.63, 3.8) is 0 Å². The molecule has 2 aromatic rings. The van der Waals surface area contributed by atoms with Crippen molar-refractivity contribution >= 4 is 23.1 Å². The van der Waals surface area contributed by atoms with Gasteiger partial charge in [0, 0.05) is 11.1 Å². The van der Waals surface area contributed by atoms with Crippen molar-refractivity contribution < 1.29 is 9.90 Å². The topological polar surface area (TPSA) is 37.3 Å². The summed E-state index contributed by atoms with van der Waals surface area (Å²) in [6, 6.07) is 17.2. The second-order valence-electron chi connectivity index (χ2n) is 4.50. The first-order chi connectivity index (χ1) is 9.65. The van der Waals surface area contributed by atoms with Gasteiger partial charge in [0.05, 0.1) is 0 Å². The summed E-state index contributed by atoms with van der Waals surface area (Å²) in [5.74, 6) is -0.921. The van der Waals surface area contributed by atoms with E-state index in [0.29, 0.717) is 11.4 Å². The number of aliphatic carboxylic acids is 1. The molecule has 0 spiro atoms. The zero-order valence-corrected chi connectivity index (χ0v) is 11.7. The fourth-order valence-corrected chi connectivity index (χ4v) is 2.29. The maximum Gasteiger partial charge on any atom is 0.328 e.